The highest BCUT2D eigenvalue weighted by Gasteiger charge is 2.31. The van der Waals surface area contributed by atoms with Crippen LogP contribution in [0.5, 0.6) is 5.75 Å². The quantitative estimate of drug-likeness (QED) is 0.889. The van der Waals surface area contributed by atoms with Crippen LogP contribution in [0.1, 0.15) is 6.42 Å². The Morgan fingerprint density at radius 2 is 2.19 bits per heavy atom. The van der Waals surface area contributed by atoms with Gasteiger partial charge in [0.2, 0.25) is 5.91 Å². The molecular formula is C12H12F3N3O2S. The van der Waals surface area contributed by atoms with E-state index >= 15 is 0 Å². The second kappa shape index (κ2) is 6.27. The molecule has 9 heteroatoms. The first-order chi connectivity index (χ1) is 9.87. The number of halogens is 3. The molecule has 0 radical (unpaired) electrons. The summed E-state index contributed by atoms with van der Waals surface area (Å²) >= 11 is 1.09. The third-order valence-electron chi connectivity index (χ3n) is 2.44. The number of benzene rings is 1. The predicted molar refractivity (Wildman–Crippen MR) is 73.5 cm³/mol. The second-order valence-electron chi connectivity index (χ2n) is 4.10. The van der Waals surface area contributed by atoms with Gasteiger partial charge in [0.05, 0.1) is 10.2 Å². The van der Waals surface area contributed by atoms with E-state index in [1.165, 1.54) is 18.2 Å². The number of nitrogens with zero attached hydrogens (tertiary/aromatic N) is 1. The third kappa shape index (κ3) is 4.57. The topological polar surface area (TPSA) is 63.2 Å². The van der Waals surface area contributed by atoms with Gasteiger partial charge in [-0.1, -0.05) is 11.3 Å². The van der Waals surface area contributed by atoms with Gasteiger partial charge in [0.25, 0.3) is 0 Å². The Hall–Kier alpha value is -1.87. The molecule has 1 amide bonds. The Morgan fingerprint density at radius 3 is 2.86 bits per heavy atom. The van der Waals surface area contributed by atoms with Gasteiger partial charge in [-0.15, -0.1) is 13.2 Å². The average molecular weight is 319 g/mol. The minimum atomic E-state index is -4.73. The fourth-order valence-corrected chi connectivity index (χ4v) is 2.49. The lowest BCUT2D eigenvalue weighted by Gasteiger charge is -2.07. The van der Waals surface area contributed by atoms with E-state index in [0.29, 0.717) is 21.9 Å². The molecule has 0 saturated carbocycles. The third-order valence-corrected chi connectivity index (χ3v) is 3.38. The average Bonchev–Trinajstić information content (AvgIpc) is 2.75. The number of amides is 1. The summed E-state index contributed by atoms with van der Waals surface area (Å²) in [4.78, 5) is 15.7. The van der Waals surface area contributed by atoms with Gasteiger partial charge in [0, 0.05) is 19.0 Å². The molecule has 1 aromatic heterocycles. The Kier molecular flexibility index (Phi) is 4.63. The van der Waals surface area contributed by atoms with Gasteiger partial charge >= 0.3 is 6.36 Å². The van der Waals surface area contributed by atoms with Crippen molar-refractivity contribution < 1.29 is 22.7 Å². The maximum atomic E-state index is 12.1. The van der Waals surface area contributed by atoms with E-state index in [-0.39, 0.29) is 18.1 Å². The van der Waals surface area contributed by atoms with Crippen LogP contribution in [0, 0.1) is 0 Å². The van der Waals surface area contributed by atoms with Crippen molar-refractivity contribution in [3.63, 3.8) is 0 Å². The van der Waals surface area contributed by atoms with Crippen molar-refractivity contribution in [2.75, 3.05) is 18.9 Å². The number of nitrogens with one attached hydrogen (secondary N) is 2. The van der Waals surface area contributed by atoms with Crippen molar-refractivity contribution in [2.24, 2.45) is 0 Å². The highest BCUT2D eigenvalue weighted by Crippen LogP contribution is 2.31. The zero-order valence-corrected chi connectivity index (χ0v) is 11.8. The molecule has 0 fully saturated rings. The number of thiazole rings is 1. The first-order valence-electron chi connectivity index (χ1n) is 5.98. The van der Waals surface area contributed by atoms with E-state index in [1.54, 1.807) is 7.05 Å². The van der Waals surface area contributed by atoms with Crippen LogP contribution < -0.4 is 15.4 Å². The van der Waals surface area contributed by atoms with Crippen LogP contribution in [0.2, 0.25) is 0 Å². The number of ether oxygens (including phenoxy) is 1. The van der Waals surface area contributed by atoms with E-state index in [1.807, 2.05) is 0 Å². The molecular weight excluding hydrogens is 307 g/mol. The largest absolute Gasteiger partial charge is 0.573 e. The summed E-state index contributed by atoms with van der Waals surface area (Å²) in [6.07, 6.45) is -4.45. The zero-order valence-electron chi connectivity index (χ0n) is 11.0. The number of anilines is 1. The molecule has 2 N–H and O–H groups in total. The molecule has 0 bridgehead atoms. The van der Waals surface area contributed by atoms with E-state index in [2.05, 4.69) is 20.4 Å². The standard InChI is InChI=1S/C12H12F3N3O2S/c1-16-5-4-10(19)18-11-17-8-3-2-7(6-9(8)21-11)20-12(13,14)15/h2-3,6,16H,4-5H2,1H3,(H,17,18,19). The number of fused-ring (bicyclic) bond motifs is 1. The van der Waals surface area contributed by atoms with Crippen molar-refractivity contribution in [3.05, 3.63) is 18.2 Å². The molecule has 2 rings (SSSR count). The Balaban J connectivity index is 2.12. The first-order valence-corrected chi connectivity index (χ1v) is 6.80. The molecule has 0 unspecified atom stereocenters. The first kappa shape index (κ1) is 15.5. The summed E-state index contributed by atoms with van der Waals surface area (Å²) in [6.45, 7) is 0.528. The number of carbonyl (C=O) groups is 1. The fraction of sp³-hybridized carbons (Fsp3) is 0.333. The molecule has 0 aliphatic rings. The van der Waals surface area contributed by atoms with Crippen molar-refractivity contribution >= 4 is 32.6 Å². The molecule has 0 saturated heterocycles. The zero-order chi connectivity index (χ0) is 15.5. The minimum Gasteiger partial charge on any atom is -0.406 e. The minimum absolute atomic E-state index is 0.213. The lowest BCUT2D eigenvalue weighted by molar-refractivity contribution is -0.274. The van der Waals surface area contributed by atoms with E-state index in [4.69, 9.17) is 0 Å². The lowest BCUT2D eigenvalue weighted by atomic mass is 10.3. The highest BCUT2D eigenvalue weighted by molar-refractivity contribution is 7.22. The van der Waals surface area contributed by atoms with Gasteiger partial charge in [-0.05, 0) is 19.2 Å². The van der Waals surface area contributed by atoms with Gasteiger partial charge in [-0.3, -0.25) is 4.79 Å². The van der Waals surface area contributed by atoms with E-state index < -0.39 is 6.36 Å². The Labute approximate surface area is 122 Å². The molecule has 0 aliphatic heterocycles. The van der Waals surface area contributed by atoms with Crippen LogP contribution in [0.4, 0.5) is 18.3 Å². The normalized spacial score (nSPS) is 11.6. The van der Waals surface area contributed by atoms with Gasteiger partial charge in [-0.2, -0.15) is 0 Å². The van der Waals surface area contributed by atoms with E-state index in [9.17, 15) is 18.0 Å². The molecule has 21 heavy (non-hydrogen) atoms. The molecule has 5 nitrogen and oxygen atoms in total. The second-order valence-corrected chi connectivity index (χ2v) is 5.13. The van der Waals surface area contributed by atoms with Crippen LogP contribution in [0.3, 0.4) is 0 Å². The summed E-state index contributed by atoms with van der Waals surface area (Å²) in [6, 6.07) is 3.84. The van der Waals surface area contributed by atoms with Crippen LogP contribution in [-0.2, 0) is 4.79 Å². The summed E-state index contributed by atoms with van der Waals surface area (Å²) in [7, 11) is 1.73. The lowest BCUT2D eigenvalue weighted by Crippen LogP contribution is -2.18. The molecule has 0 atom stereocenters. The maximum absolute atomic E-state index is 12.1. The number of alkyl halides is 3. The van der Waals surface area contributed by atoms with Gasteiger partial charge in [0.15, 0.2) is 5.13 Å². The number of carbonyl (C=O) groups excluding carboxylic acids is 1. The molecule has 1 heterocycles. The van der Waals surface area contributed by atoms with Gasteiger partial charge in [-0.25, -0.2) is 4.98 Å². The van der Waals surface area contributed by atoms with Crippen LogP contribution in [0.25, 0.3) is 10.2 Å². The van der Waals surface area contributed by atoms with E-state index in [0.717, 1.165) is 11.3 Å². The fourth-order valence-electron chi connectivity index (χ4n) is 1.58. The molecule has 2 aromatic rings. The SMILES string of the molecule is CNCCC(=O)Nc1nc2ccc(OC(F)(F)F)cc2s1. The summed E-state index contributed by atoms with van der Waals surface area (Å²) in [5.41, 5.74) is 0.499. The highest BCUT2D eigenvalue weighted by atomic mass is 32.1. The summed E-state index contributed by atoms with van der Waals surface area (Å²) < 4.78 is 40.8. The maximum Gasteiger partial charge on any atom is 0.573 e. The number of hydrogen-bond donors (Lipinski definition) is 2. The number of hydrogen-bond acceptors (Lipinski definition) is 5. The van der Waals surface area contributed by atoms with Crippen LogP contribution in [-0.4, -0.2) is 30.8 Å². The van der Waals surface area contributed by atoms with Crippen molar-refractivity contribution in [3.8, 4) is 5.75 Å². The van der Waals surface area contributed by atoms with Crippen molar-refractivity contribution in [1.29, 1.82) is 0 Å². The van der Waals surface area contributed by atoms with Crippen LogP contribution >= 0.6 is 11.3 Å². The smallest absolute Gasteiger partial charge is 0.406 e. The van der Waals surface area contributed by atoms with Crippen molar-refractivity contribution in [1.82, 2.24) is 10.3 Å². The Morgan fingerprint density at radius 1 is 1.43 bits per heavy atom. The predicted octanol–water partition coefficient (Wildman–Crippen LogP) is 2.74. The monoisotopic (exact) mass is 319 g/mol. The van der Waals surface area contributed by atoms with Crippen LogP contribution in [0.15, 0.2) is 18.2 Å². The number of rotatable bonds is 5. The van der Waals surface area contributed by atoms with Gasteiger partial charge < -0.3 is 15.4 Å². The van der Waals surface area contributed by atoms with Gasteiger partial charge in [0.1, 0.15) is 5.75 Å². The molecule has 0 aliphatic carbocycles. The van der Waals surface area contributed by atoms with Crippen molar-refractivity contribution in [2.45, 2.75) is 12.8 Å². The molecule has 1 aromatic carbocycles. The summed E-state index contributed by atoms with van der Waals surface area (Å²) in [5, 5.41) is 5.78. The molecule has 0 spiro atoms. The Bertz CT molecular complexity index is 642. The number of aromatic nitrogens is 1. The summed E-state index contributed by atoms with van der Waals surface area (Å²) in [5.74, 6) is -0.526. The molecule has 114 valence electrons.